The molecule has 0 atom stereocenters. The number of nitrogens with one attached hydrogen (secondary N) is 1. The maximum atomic E-state index is 4.25. The van der Waals surface area contributed by atoms with E-state index in [1.165, 1.54) is 18.4 Å². The maximum Gasteiger partial charge on any atom is 0.160 e. The maximum absolute atomic E-state index is 4.25. The third-order valence-electron chi connectivity index (χ3n) is 4.34. The van der Waals surface area contributed by atoms with Crippen molar-refractivity contribution in [3.05, 3.63) is 66.1 Å². The molecule has 1 aliphatic carbocycles. The van der Waals surface area contributed by atoms with Crippen LogP contribution in [0.25, 0.3) is 5.65 Å². The van der Waals surface area contributed by atoms with Crippen molar-refractivity contribution in [1.29, 1.82) is 0 Å². The molecule has 2 heterocycles. The fourth-order valence-electron chi connectivity index (χ4n) is 3.03. The minimum Gasteiger partial charge on any atom is -0.307 e. The third kappa shape index (κ3) is 2.43. The SMILES string of the molecule is c1ccc(C2CC(NCc3nnc4ccccn34)C2)cc1. The Labute approximate surface area is 123 Å². The van der Waals surface area contributed by atoms with Gasteiger partial charge >= 0.3 is 0 Å². The molecule has 1 aromatic carbocycles. The summed E-state index contributed by atoms with van der Waals surface area (Å²) in [5.74, 6) is 1.69. The highest BCUT2D eigenvalue weighted by atomic mass is 15.3. The summed E-state index contributed by atoms with van der Waals surface area (Å²) in [6.45, 7) is 0.775. The summed E-state index contributed by atoms with van der Waals surface area (Å²) in [4.78, 5) is 0. The van der Waals surface area contributed by atoms with Gasteiger partial charge in [-0.05, 0) is 36.5 Å². The fourth-order valence-corrected chi connectivity index (χ4v) is 3.03. The van der Waals surface area contributed by atoms with Crippen LogP contribution in [0, 0.1) is 0 Å². The van der Waals surface area contributed by atoms with E-state index in [1.54, 1.807) is 0 Å². The van der Waals surface area contributed by atoms with Gasteiger partial charge in [0.15, 0.2) is 11.5 Å². The van der Waals surface area contributed by atoms with Gasteiger partial charge in [-0.15, -0.1) is 10.2 Å². The number of benzene rings is 1. The van der Waals surface area contributed by atoms with Gasteiger partial charge in [0.25, 0.3) is 0 Å². The fraction of sp³-hybridized carbons (Fsp3) is 0.294. The number of fused-ring (bicyclic) bond motifs is 1. The van der Waals surface area contributed by atoms with Crippen LogP contribution in [0.15, 0.2) is 54.7 Å². The molecule has 3 aromatic rings. The molecular formula is C17H18N4. The Morgan fingerprint density at radius 1 is 1.00 bits per heavy atom. The number of pyridine rings is 1. The van der Waals surface area contributed by atoms with Crippen molar-refractivity contribution in [2.24, 2.45) is 0 Å². The molecule has 0 spiro atoms. The first kappa shape index (κ1) is 12.5. The van der Waals surface area contributed by atoms with Crippen LogP contribution in [-0.2, 0) is 6.54 Å². The van der Waals surface area contributed by atoms with Crippen molar-refractivity contribution in [2.45, 2.75) is 31.3 Å². The van der Waals surface area contributed by atoms with E-state index in [9.17, 15) is 0 Å². The second-order valence-corrected chi connectivity index (χ2v) is 5.70. The van der Waals surface area contributed by atoms with Crippen LogP contribution >= 0.6 is 0 Å². The molecule has 0 radical (unpaired) electrons. The van der Waals surface area contributed by atoms with Gasteiger partial charge in [0.1, 0.15) is 0 Å². The van der Waals surface area contributed by atoms with E-state index in [4.69, 9.17) is 0 Å². The van der Waals surface area contributed by atoms with E-state index in [1.807, 2.05) is 28.8 Å². The lowest BCUT2D eigenvalue weighted by atomic mass is 9.76. The number of hydrogen-bond acceptors (Lipinski definition) is 3. The first-order valence-corrected chi connectivity index (χ1v) is 7.47. The minimum atomic E-state index is 0.589. The average molecular weight is 278 g/mol. The van der Waals surface area contributed by atoms with Crippen molar-refractivity contribution >= 4 is 5.65 Å². The summed E-state index contributed by atoms with van der Waals surface area (Å²) in [5, 5.41) is 12.0. The molecule has 4 nitrogen and oxygen atoms in total. The number of hydrogen-bond donors (Lipinski definition) is 1. The highest BCUT2D eigenvalue weighted by Gasteiger charge is 2.29. The smallest absolute Gasteiger partial charge is 0.160 e. The zero-order valence-electron chi connectivity index (χ0n) is 11.8. The van der Waals surface area contributed by atoms with Crippen LogP contribution in [0.1, 0.15) is 30.1 Å². The van der Waals surface area contributed by atoms with Gasteiger partial charge < -0.3 is 5.32 Å². The lowest BCUT2D eigenvalue weighted by molar-refractivity contribution is 0.287. The molecule has 0 aliphatic heterocycles. The molecule has 106 valence electrons. The standard InChI is InChI=1S/C17H18N4/c1-2-6-13(7-3-1)14-10-15(11-14)18-12-17-20-19-16-8-4-5-9-21(16)17/h1-9,14-15,18H,10-12H2. The van der Waals surface area contributed by atoms with Gasteiger partial charge in [-0.1, -0.05) is 36.4 Å². The number of rotatable bonds is 4. The van der Waals surface area contributed by atoms with Crippen LogP contribution < -0.4 is 5.32 Å². The first-order valence-electron chi connectivity index (χ1n) is 7.47. The third-order valence-corrected chi connectivity index (χ3v) is 4.34. The van der Waals surface area contributed by atoms with Gasteiger partial charge in [-0.25, -0.2) is 0 Å². The average Bonchev–Trinajstić information content (AvgIpc) is 2.90. The predicted molar refractivity (Wildman–Crippen MR) is 82.0 cm³/mol. The summed E-state index contributed by atoms with van der Waals surface area (Å²) in [6, 6.07) is 17.3. The van der Waals surface area contributed by atoms with Gasteiger partial charge in [0.2, 0.25) is 0 Å². The lowest BCUT2D eigenvalue weighted by Crippen LogP contribution is -2.39. The number of aromatic nitrogens is 3. The van der Waals surface area contributed by atoms with Crippen molar-refractivity contribution < 1.29 is 0 Å². The van der Waals surface area contributed by atoms with Crippen molar-refractivity contribution in [3.63, 3.8) is 0 Å². The van der Waals surface area contributed by atoms with E-state index >= 15 is 0 Å². The summed E-state index contributed by atoms with van der Waals surface area (Å²) < 4.78 is 2.04. The second-order valence-electron chi connectivity index (χ2n) is 5.70. The van der Waals surface area contributed by atoms with Crippen molar-refractivity contribution in [2.75, 3.05) is 0 Å². The lowest BCUT2D eigenvalue weighted by Gasteiger charge is -2.36. The molecule has 4 rings (SSSR count). The van der Waals surface area contributed by atoms with Gasteiger partial charge in [-0.3, -0.25) is 4.40 Å². The Morgan fingerprint density at radius 3 is 2.67 bits per heavy atom. The van der Waals surface area contributed by atoms with E-state index in [0.29, 0.717) is 12.0 Å². The summed E-state index contributed by atoms with van der Waals surface area (Å²) in [7, 11) is 0. The Morgan fingerprint density at radius 2 is 1.81 bits per heavy atom. The van der Waals surface area contributed by atoms with Crippen LogP contribution in [0.5, 0.6) is 0 Å². The summed E-state index contributed by atoms with van der Waals surface area (Å²) >= 11 is 0. The molecule has 2 aromatic heterocycles. The molecule has 21 heavy (non-hydrogen) atoms. The summed E-state index contributed by atoms with van der Waals surface area (Å²) in [5.41, 5.74) is 2.37. The monoisotopic (exact) mass is 278 g/mol. The first-order chi connectivity index (χ1) is 10.4. The van der Waals surface area contributed by atoms with Gasteiger partial charge in [0, 0.05) is 12.2 Å². The second kappa shape index (κ2) is 5.30. The van der Waals surface area contributed by atoms with Gasteiger partial charge in [-0.2, -0.15) is 0 Å². The molecule has 4 heteroatoms. The molecule has 0 amide bonds. The van der Waals surface area contributed by atoms with E-state index in [-0.39, 0.29) is 0 Å². The van der Waals surface area contributed by atoms with Crippen molar-refractivity contribution in [1.82, 2.24) is 19.9 Å². The Bertz CT molecular complexity index is 729. The predicted octanol–water partition coefficient (Wildman–Crippen LogP) is 2.77. The van der Waals surface area contributed by atoms with Crippen LogP contribution in [0.4, 0.5) is 0 Å². The normalized spacial score (nSPS) is 21.3. The van der Waals surface area contributed by atoms with Crippen LogP contribution in [0.2, 0.25) is 0 Å². The zero-order valence-corrected chi connectivity index (χ0v) is 11.8. The number of nitrogens with zero attached hydrogens (tertiary/aromatic N) is 3. The van der Waals surface area contributed by atoms with Crippen LogP contribution in [0.3, 0.4) is 0 Å². The van der Waals surface area contributed by atoms with Gasteiger partial charge in [0.05, 0.1) is 6.54 Å². The molecule has 1 aliphatic rings. The molecule has 1 N–H and O–H groups in total. The van der Waals surface area contributed by atoms with E-state index < -0.39 is 0 Å². The largest absolute Gasteiger partial charge is 0.307 e. The quantitative estimate of drug-likeness (QED) is 0.798. The molecule has 0 bridgehead atoms. The van der Waals surface area contributed by atoms with Crippen LogP contribution in [-0.4, -0.2) is 20.6 Å². The highest BCUT2D eigenvalue weighted by molar-refractivity contribution is 5.37. The zero-order chi connectivity index (χ0) is 14.1. The Balaban J connectivity index is 1.35. The van der Waals surface area contributed by atoms with E-state index in [2.05, 4.69) is 45.8 Å². The molecular weight excluding hydrogens is 260 g/mol. The van der Waals surface area contributed by atoms with E-state index in [0.717, 1.165) is 18.0 Å². The molecule has 1 saturated carbocycles. The summed E-state index contributed by atoms with van der Waals surface area (Å²) in [6.07, 6.45) is 4.43. The topological polar surface area (TPSA) is 42.2 Å². The molecule has 1 fully saturated rings. The van der Waals surface area contributed by atoms with Crippen molar-refractivity contribution in [3.8, 4) is 0 Å². The molecule has 0 saturated heterocycles. The Kier molecular flexibility index (Phi) is 3.16. The minimum absolute atomic E-state index is 0.589. The molecule has 0 unspecified atom stereocenters. The Hall–Kier alpha value is -2.20. The highest BCUT2D eigenvalue weighted by Crippen LogP contribution is 2.36.